The van der Waals surface area contributed by atoms with Crippen LogP contribution in [0.2, 0.25) is 10.0 Å². The molecular formula is C24H18Cl2FN5OS. The molecule has 2 N–H and O–H groups in total. The fourth-order valence-electron chi connectivity index (χ4n) is 3.47. The molecule has 0 aliphatic carbocycles. The van der Waals surface area contributed by atoms with E-state index in [0.29, 0.717) is 33.7 Å². The van der Waals surface area contributed by atoms with Crippen molar-refractivity contribution in [2.24, 2.45) is 0 Å². The van der Waals surface area contributed by atoms with Gasteiger partial charge in [-0.05, 0) is 53.9 Å². The Kier molecular flexibility index (Phi) is 6.62. The number of halogens is 3. The van der Waals surface area contributed by atoms with Crippen LogP contribution in [0.15, 0.2) is 78.3 Å². The van der Waals surface area contributed by atoms with Gasteiger partial charge in [-0.1, -0.05) is 35.3 Å². The van der Waals surface area contributed by atoms with E-state index in [1.165, 1.54) is 6.07 Å². The van der Waals surface area contributed by atoms with Crippen LogP contribution >= 0.6 is 35.1 Å². The van der Waals surface area contributed by atoms with Crippen LogP contribution in [0.3, 0.4) is 0 Å². The van der Waals surface area contributed by atoms with Crippen LogP contribution in [-0.2, 0) is 6.42 Å². The van der Waals surface area contributed by atoms with E-state index in [-0.39, 0.29) is 5.82 Å². The Morgan fingerprint density at radius 1 is 1.00 bits per heavy atom. The zero-order valence-corrected chi connectivity index (χ0v) is 20.0. The highest BCUT2D eigenvalue weighted by Crippen LogP contribution is 2.36. The minimum absolute atomic E-state index is 0.372. The van der Waals surface area contributed by atoms with Gasteiger partial charge in [-0.15, -0.1) is 10.2 Å². The number of anilines is 1. The third-order valence-corrected chi connectivity index (χ3v) is 6.71. The lowest BCUT2D eigenvalue weighted by atomic mass is 10.1. The number of nitrogens with zero attached hydrogens (tertiary/aromatic N) is 3. The standard InChI is InChI=1S/C24H18Cl2FN5OS/c25-18-6-7-21(24-23(18)19(26)12-28-24)31-34-22-8-5-17(11-20(22)27)33-10-9-15-1-3-16(4-2-15)32-13-29-30-14-32/h1-8,11-14,28,31H,9-10H2. The third-order valence-electron chi connectivity index (χ3n) is 5.22. The van der Waals surface area contributed by atoms with Crippen molar-refractivity contribution in [1.29, 1.82) is 0 Å². The molecule has 0 spiro atoms. The molecule has 0 saturated carbocycles. The highest BCUT2D eigenvalue weighted by atomic mass is 35.5. The summed E-state index contributed by atoms with van der Waals surface area (Å²) in [4.78, 5) is 3.53. The summed E-state index contributed by atoms with van der Waals surface area (Å²) in [6.07, 6.45) is 5.67. The summed E-state index contributed by atoms with van der Waals surface area (Å²) >= 11 is 13.6. The Morgan fingerprint density at radius 2 is 1.79 bits per heavy atom. The minimum atomic E-state index is -0.372. The lowest BCUT2D eigenvalue weighted by Gasteiger charge is -2.11. The summed E-state index contributed by atoms with van der Waals surface area (Å²) in [6, 6.07) is 16.4. The Bertz CT molecular complexity index is 1420. The van der Waals surface area contributed by atoms with E-state index >= 15 is 0 Å². The van der Waals surface area contributed by atoms with E-state index < -0.39 is 0 Å². The molecule has 34 heavy (non-hydrogen) atoms. The summed E-state index contributed by atoms with van der Waals surface area (Å²) in [6.45, 7) is 0.437. The number of ether oxygens (including phenoxy) is 1. The first-order valence-corrected chi connectivity index (χ1v) is 11.9. The fraction of sp³-hybridized carbons (Fsp3) is 0.0833. The molecule has 0 aliphatic rings. The second-order valence-corrected chi connectivity index (χ2v) is 9.07. The van der Waals surface area contributed by atoms with Gasteiger partial charge in [0.05, 0.1) is 32.8 Å². The molecule has 6 nitrogen and oxygen atoms in total. The minimum Gasteiger partial charge on any atom is -0.493 e. The maximum absolute atomic E-state index is 14.7. The lowest BCUT2D eigenvalue weighted by Crippen LogP contribution is -2.02. The van der Waals surface area contributed by atoms with Gasteiger partial charge in [0.15, 0.2) is 0 Å². The number of aromatic amines is 1. The molecule has 3 aromatic carbocycles. The lowest BCUT2D eigenvalue weighted by molar-refractivity contribution is 0.319. The van der Waals surface area contributed by atoms with Crippen LogP contribution in [-0.4, -0.2) is 26.4 Å². The number of H-pyrrole nitrogens is 1. The van der Waals surface area contributed by atoms with Gasteiger partial charge in [0, 0.05) is 29.8 Å². The average molecular weight is 514 g/mol. The predicted octanol–water partition coefficient (Wildman–Crippen LogP) is 6.94. The molecule has 5 aromatic rings. The van der Waals surface area contributed by atoms with Gasteiger partial charge in [0.2, 0.25) is 0 Å². The van der Waals surface area contributed by atoms with Gasteiger partial charge in [-0.2, -0.15) is 0 Å². The first-order valence-electron chi connectivity index (χ1n) is 10.3. The summed E-state index contributed by atoms with van der Waals surface area (Å²) in [5.41, 5.74) is 3.62. The summed E-state index contributed by atoms with van der Waals surface area (Å²) in [5, 5.41) is 9.43. The SMILES string of the molecule is Fc1cc(OCCc2ccc(-n3cnnc3)cc2)ccc1SNc1ccc(Cl)c2c(Cl)c[nH]c12. The number of fused-ring (bicyclic) bond motifs is 1. The van der Waals surface area contributed by atoms with E-state index in [1.807, 2.05) is 34.9 Å². The van der Waals surface area contributed by atoms with E-state index in [9.17, 15) is 4.39 Å². The van der Waals surface area contributed by atoms with E-state index in [4.69, 9.17) is 27.9 Å². The normalized spacial score (nSPS) is 11.1. The van der Waals surface area contributed by atoms with Gasteiger partial charge in [-0.25, -0.2) is 4.39 Å². The average Bonchev–Trinajstić information content (AvgIpc) is 3.51. The molecule has 0 atom stereocenters. The monoisotopic (exact) mass is 513 g/mol. The summed E-state index contributed by atoms with van der Waals surface area (Å²) in [7, 11) is 0. The topological polar surface area (TPSA) is 67.8 Å². The van der Waals surface area contributed by atoms with E-state index in [1.54, 1.807) is 37.1 Å². The number of hydrogen-bond acceptors (Lipinski definition) is 5. The Hall–Kier alpha value is -3.20. The van der Waals surface area contributed by atoms with Crippen molar-refractivity contribution in [3.63, 3.8) is 0 Å². The highest BCUT2D eigenvalue weighted by molar-refractivity contribution is 8.00. The van der Waals surface area contributed by atoms with Crippen LogP contribution in [0.1, 0.15) is 5.56 Å². The largest absolute Gasteiger partial charge is 0.493 e. The quantitative estimate of drug-likeness (QED) is 0.220. The molecule has 10 heteroatoms. The molecular weight excluding hydrogens is 496 g/mol. The smallest absolute Gasteiger partial charge is 0.142 e. The van der Waals surface area contributed by atoms with Crippen molar-refractivity contribution in [2.75, 3.05) is 11.3 Å². The molecule has 0 aliphatic heterocycles. The molecule has 2 heterocycles. The van der Waals surface area contributed by atoms with Crippen molar-refractivity contribution < 1.29 is 9.13 Å². The van der Waals surface area contributed by atoms with Crippen molar-refractivity contribution in [3.05, 3.63) is 94.9 Å². The highest BCUT2D eigenvalue weighted by Gasteiger charge is 2.12. The molecule has 172 valence electrons. The van der Waals surface area contributed by atoms with Crippen LogP contribution in [0, 0.1) is 5.82 Å². The maximum atomic E-state index is 14.7. The van der Waals surface area contributed by atoms with Crippen LogP contribution in [0.5, 0.6) is 5.75 Å². The first kappa shape index (κ1) is 22.6. The zero-order chi connectivity index (χ0) is 23.5. The predicted molar refractivity (Wildman–Crippen MR) is 135 cm³/mol. The third kappa shape index (κ3) is 4.84. The number of hydrogen-bond donors (Lipinski definition) is 2. The fourth-order valence-corrected chi connectivity index (χ4v) is 4.71. The van der Waals surface area contributed by atoms with Gasteiger partial charge in [0.1, 0.15) is 24.2 Å². The number of rotatable bonds is 8. The Labute approximate surface area is 209 Å². The second kappa shape index (κ2) is 9.97. The van der Waals surface area contributed by atoms with Crippen LogP contribution in [0.25, 0.3) is 16.6 Å². The van der Waals surface area contributed by atoms with Gasteiger partial charge >= 0.3 is 0 Å². The molecule has 0 unspecified atom stereocenters. The second-order valence-electron chi connectivity index (χ2n) is 7.41. The Morgan fingerprint density at radius 3 is 2.56 bits per heavy atom. The number of benzene rings is 3. The van der Waals surface area contributed by atoms with Crippen molar-refractivity contribution in [2.45, 2.75) is 11.3 Å². The number of aromatic nitrogens is 4. The van der Waals surface area contributed by atoms with Crippen molar-refractivity contribution >= 4 is 51.7 Å². The molecule has 0 fully saturated rings. The molecule has 0 saturated heterocycles. The molecule has 5 rings (SSSR count). The molecule has 0 radical (unpaired) electrons. The first-order chi connectivity index (χ1) is 16.6. The molecule has 2 aromatic heterocycles. The molecule has 0 bridgehead atoms. The van der Waals surface area contributed by atoms with Gasteiger partial charge in [-0.3, -0.25) is 4.57 Å². The van der Waals surface area contributed by atoms with Crippen LogP contribution in [0.4, 0.5) is 10.1 Å². The van der Waals surface area contributed by atoms with E-state index in [0.717, 1.165) is 39.8 Å². The number of nitrogens with one attached hydrogen (secondary N) is 2. The van der Waals surface area contributed by atoms with Crippen LogP contribution < -0.4 is 9.46 Å². The Balaban J connectivity index is 1.17. The van der Waals surface area contributed by atoms with E-state index in [2.05, 4.69) is 19.9 Å². The van der Waals surface area contributed by atoms with Crippen molar-refractivity contribution in [3.8, 4) is 11.4 Å². The van der Waals surface area contributed by atoms with Crippen molar-refractivity contribution in [1.82, 2.24) is 19.7 Å². The zero-order valence-electron chi connectivity index (χ0n) is 17.6. The molecule has 0 amide bonds. The maximum Gasteiger partial charge on any atom is 0.142 e. The summed E-state index contributed by atoms with van der Waals surface area (Å²) in [5.74, 6) is 0.107. The van der Waals surface area contributed by atoms with Gasteiger partial charge in [0.25, 0.3) is 0 Å². The van der Waals surface area contributed by atoms with Gasteiger partial charge < -0.3 is 14.4 Å². The summed E-state index contributed by atoms with van der Waals surface area (Å²) < 4.78 is 25.4.